The molecule has 0 spiro atoms. The molecule has 0 aliphatic rings. The maximum atomic E-state index is 2.48. The van der Waals surface area contributed by atoms with Gasteiger partial charge < -0.3 is 0 Å². The van der Waals surface area contributed by atoms with Crippen LogP contribution in [-0.4, -0.2) is 4.43 Å². The molecule has 0 heterocycles. The average Bonchev–Trinajstić information content (AvgIpc) is 2.43. The molecule has 0 aromatic heterocycles. The monoisotopic (exact) mass is 378 g/mol. The molecule has 0 N–H and O–H groups in total. The van der Waals surface area contributed by atoms with Gasteiger partial charge in [0, 0.05) is 0 Å². The molecular weight excluding hydrogens is 343 g/mol. The van der Waals surface area contributed by atoms with Crippen LogP contribution in [0.5, 0.6) is 0 Å². The highest BCUT2D eigenvalue weighted by atomic mass is 127. The summed E-state index contributed by atoms with van der Waals surface area (Å²) in [5.74, 6) is 0. The molecular formula is C18H35I. The van der Waals surface area contributed by atoms with Crippen LogP contribution in [0.15, 0.2) is 12.2 Å². The van der Waals surface area contributed by atoms with Gasteiger partial charge in [0.05, 0.1) is 0 Å². The Hall–Kier alpha value is 0.470. The van der Waals surface area contributed by atoms with Crippen LogP contribution in [0.3, 0.4) is 0 Å². The number of unbranched alkanes of at least 4 members (excludes halogenated alkanes) is 12. The zero-order chi connectivity index (χ0) is 14.0. The third-order valence-corrected chi connectivity index (χ3v) is 4.41. The normalized spacial score (nSPS) is 11.5. The van der Waals surface area contributed by atoms with E-state index in [1.165, 1.54) is 94.3 Å². The van der Waals surface area contributed by atoms with E-state index < -0.39 is 0 Å². The predicted octanol–water partition coefficient (Wildman–Crippen LogP) is 7.46. The Morgan fingerprint density at radius 2 is 1.00 bits per heavy atom. The summed E-state index contributed by atoms with van der Waals surface area (Å²) in [5, 5.41) is 0. The van der Waals surface area contributed by atoms with Gasteiger partial charge in [0.25, 0.3) is 0 Å². The summed E-state index contributed by atoms with van der Waals surface area (Å²) >= 11 is 2.48. The Morgan fingerprint density at radius 3 is 1.47 bits per heavy atom. The molecule has 0 rings (SSSR count). The van der Waals surface area contributed by atoms with Crippen molar-refractivity contribution in [2.45, 2.75) is 96.8 Å². The van der Waals surface area contributed by atoms with Crippen molar-refractivity contribution in [3.8, 4) is 0 Å². The van der Waals surface area contributed by atoms with Crippen LogP contribution in [0.2, 0.25) is 0 Å². The first-order valence-corrected chi connectivity index (χ1v) is 10.1. The first kappa shape index (κ1) is 19.5. The Bertz CT molecular complexity index is 175. The van der Waals surface area contributed by atoms with Crippen molar-refractivity contribution in [2.75, 3.05) is 4.43 Å². The number of hydrogen-bond donors (Lipinski definition) is 0. The first-order valence-electron chi connectivity index (χ1n) is 8.62. The molecule has 0 aromatic rings. The molecule has 0 nitrogen and oxygen atoms in total. The van der Waals surface area contributed by atoms with Crippen molar-refractivity contribution in [1.29, 1.82) is 0 Å². The summed E-state index contributed by atoms with van der Waals surface area (Å²) in [4.78, 5) is 0. The Labute approximate surface area is 136 Å². The molecule has 0 aromatic carbocycles. The Balaban J connectivity index is 3.01. The largest absolute Gasteiger partial charge is 0.0885 e. The van der Waals surface area contributed by atoms with Gasteiger partial charge in [-0.15, -0.1) is 0 Å². The molecule has 0 bridgehead atoms. The topological polar surface area (TPSA) is 0 Å². The Morgan fingerprint density at radius 1 is 0.579 bits per heavy atom. The lowest BCUT2D eigenvalue weighted by Gasteiger charge is -1.99. The lowest BCUT2D eigenvalue weighted by Crippen LogP contribution is -1.80. The molecule has 0 radical (unpaired) electrons. The van der Waals surface area contributed by atoms with Crippen molar-refractivity contribution in [1.82, 2.24) is 0 Å². The van der Waals surface area contributed by atoms with E-state index in [0.717, 1.165) is 0 Å². The highest BCUT2D eigenvalue weighted by molar-refractivity contribution is 14.1. The van der Waals surface area contributed by atoms with E-state index in [-0.39, 0.29) is 0 Å². The number of alkyl halides is 1. The summed E-state index contributed by atoms with van der Waals surface area (Å²) in [7, 11) is 0. The maximum absolute atomic E-state index is 2.48. The van der Waals surface area contributed by atoms with Gasteiger partial charge in [-0.2, -0.15) is 0 Å². The molecule has 1 heteroatoms. The summed E-state index contributed by atoms with van der Waals surface area (Å²) in [6.07, 6.45) is 24.5. The van der Waals surface area contributed by atoms with Gasteiger partial charge in [-0.25, -0.2) is 0 Å². The zero-order valence-corrected chi connectivity index (χ0v) is 15.3. The molecule has 0 aliphatic carbocycles. The van der Waals surface area contributed by atoms with Crippen LogP contribution in [0.25, 0.3) is 0 Å². The second kappa shape index (κ2) is 18.5. The quantitative estimate of drug-likeness (QED) is 0.120. The van der Waals surface area contributed by atoms with E-state index in [2.05, 4.69) is 41.7 Å². The number of halogens is 1. The van der Waals surface area contributed by atoms with Crippen molar-refractivity contribution in [3.63, 3.8) is 0 Å². The van der Waals surface area contributed by atoms with Crippen molar-refractivity contribution in [3.05, 3.63) is 12.2 Å². The fourth-order valence-corrected chi connectivity index (χ4v) is 2.88. The second-order valence-electron chi connectivity index (χ2n) is 5.63. The fraction of sp³-hybridized carbons (Fsp3) is 0.889. The molecule has 114 valence electrons. The van der Waals surface area contributed by atoms with Crippen LogP contribution in [0, 0.1) is 0 Å². The third kappa shape index (κ3) is 18.5. The van der Waals surface area contributed by atoms with Crippen LogP contribution in [0.1, 0.15) is 96.8 Å². The van der Waals surface area contributed by atoms with E-state index in [1.54, 1.807) is 0 Å². The summed E-state index contributed by atoms with van der Waals surface area (Å²) in [6.45, 7) is 2.28. The minimum atomic E-state index is 1.31. The second-order valence-corrected chi connectivity index (χ2v) is 6.71. The smallest absolute Gasteiger partial charge is 0.000473 e. The SMILES string of the molecule is CCCCCCCCC=CCCCCCCCCI. The standard InChI is InChI=1S/C18H35I/c1-2-3-4-5-6-7-8-9-10-11-12-13-14-15-16-17-18-19/h9-10H,2-8,11-18H2,1H3. The van der Waals surface area contributed by atoms with Gasteiger partial charge in [-0.1, -0.05) is 99.5 Å². The van der Waals surface area contributed by atoms with Gasteiger partial charge in [0.1, 0.15) is 0 Å². The van der Waals surface area contributed by atoms with Crippen LogP contribution in [-0.2, 0) is 0 Å². The number of rotatable bonds is 15. The van der Waals surface area contributed by atoms with Crippen LogP contribution >= 0.6 is 22.6 Å². The lowest BCUT2D eigenvalue weighted by atomic mass is 10.1. The summed E-state index contributed by atoms with van der Waals surface area (Å²) in [6, 6.07) is 0. The highest BCUT2D eigenvalue weighted by Gasteiger charge is 1.90. The van der Waals surface area contributed by atoms with E-state index >= 15 is 0 Å². The van der Waals surface area contributed by atoms with Crippen LogP contribution < -0.4 is 0 Å². The molecule has 0 saturated heterocycles. The number of hydrogen-bond acceptors (Lipinski definition) is 0. The van der Waals surface area contributed by atoms with Crippen molar-refractivity contribution >= 4 is 22.6 Å². The molecule has 19 heavy (non-hydrogen) atoms. The number of allylic oxidation sites excluding steroid dienone is 2. The van der Waals surface area contributed by atoms with E-state index in [0.29, 0.717) is 0 Å². The van der Waals surface area contributed by atoms with Crippen molar-refractivity contribution in [2.24, 2.45) is 0 Å². The maximum Gasteiger partial charge on any atom is -0.000473 e. The van der Waals surface area contributed by atoms with E-state index in [4.69, 9.17) is 0 Å². The average molecular weight is 378 g/mol. The molecule has 0 saturated carbocycles. The first-order chi connectivity index (χ1) is 9.41. The predicted molar refractivity (Wildman–Crippen MR) is 98.3 cm³/mol. The van der Waals surface area contributed by atoms with Gasteiger partial charge in [-0.05, 0) is 36.5 Å². The minimum Gasteiger partial charge on any atom is -0.0885 e. The molecule has 0 atom stereocenters. The summed E-state index contributed by atoms with van der Waals surface area (Å²) in [5.41, 5.74) is 0. The van der Waals surface area contributed by atoms with Crippen molar-refractivity contribution < 1.29 is 0 Å². The molecule has 0 amide bonds. The molecule has 0 aliphatic heterocycles. The van der Waals surface area contributed by atoms with Gasteiger partial charge >= 0.3 is 0 Å². The summed E-state index contributed by atoms with van der Waals surface area (Å²) < 4.78 is 1.33. The molecule has 0 unspecified atom stereocenters. The van der Waals surface area contributed by atoms with E-state index in [9.17, 15) is 0 Å². The third-order valence-electron chi connectivity index (χ3n) is 3.65. The van der Waals surface area contributed by atoms with Gasteiger partial charge in [-0.3, -0.25) is 0 Å². The fourth-order valence-electron chi connectivity index (χ4n) is 2.34. The highest BCUT2D eigenvalue weighted by Crippen LogP contribution is 2.10. The minimum absolute atomic E-state index is 1.31. The van der Waals surface area contributed by atoms with E-state index in [1.807, 2.05) is 0 Å². The molecule has 0 fully saturated rings. The Kier molecular flexibility index (Phi) is 18.9. The lowest BCUT2D eigenvalue weighted by molar-refractivity contribution is 0.608. The zero-order valence-electron chi connectivity index (χ0n) is 13.1. The van der Waals surface area contributed by atoms with Crippen LogP contribution in [0.4, 0.5) is 0 Å². The van der Waals surface area contributed by atoms with Gasteiger partial charge in [0.2, 0.25) is 0 Å². The van der Waals surface area contributed by atoms with Gasteiger partial charge in [0.15, 0.2) is 0 Å².